The summed E-state index contributed by atoms with van der Waals surface area (Å²) in [6.45, 7) is 3.89. The third-order valence-electron chi connectivity index (χ3n) is 5.27. The fourth-order valence-corrected chi connectivity index (χ4v) is 5.23. The van der Waals surface area contributed by atoms with Crippen LogP contribution in [-0.2, 0) is 21.2 Å². The molecule has 33 heavy (non-hydrogen) atoms. The molecule has 0 bridgehead atoms. The van der Waals surface area contributed by atoms with E-state index in [1.807, 2.05) is 62.4 Å². The molecule has 7 heteroatoms. The third kappa shape index (κ3) is 5.45. The predicted molar refractivity (Wildman–Crippen MR) is 131 cm³/mol. The van der Waals surface area contributed by atoms with Gasteiger partial charge in [0.1, 0.15) is 10.9 Å². The fraction of sp³-hybridized carbons (Fsp3) is 0.154. The fourth-order valence-electron chi connectivity index (χ4n) is 3.86. The number of hydrogen-bond acceptors (Lipinski definition) is 4. The zero-order valence-electron chi connectivity index (χ0n) is 18.4. The van der Waals surface area contributed by atoms with Gasteiger partial charge in [-0.25, -0.2) is 8.42 Å². The van der Waals surface area contributed by atoms with Gasteiger partial charge in [0.05, 0.1) is 5.52 Å². The summed E-state index contributed by atoms with van der Waals surface area (Å²) in [7, 11) is -4.03. The third-order valence-corrected chi connectivity index (χ3v) is 6.77. The summed E-state index contributed by atoms with van der Waals surface area (Å²) in [5.74, 6) is -0.430. The second-order valence-corrected chi connectivity index (χ2v) is 9.74. The molecule has 3 aromatic carbocycles. The van der Waals surface area contributed by atoms with Gasteiger partial charge in [-0.1, -0.05) is 54.6 Å². The van der Waals surface area contributed by atoms with E-state index in [0.717, 1.165) is 16.7 Å². The van der Waals surface area contributed by atoms with Crippen LogP contribution in [0.25, 0.3) is 10.9 Å². The SMILES string of the molecule is Cc1cc(C)cc(NC(=O)[C@@H](Cc2ccccc2)NS(=O)(=O)c2cccc3cccnc23)c1. The minimum Gasteiger partial charge on any atom is -0.325 e. The molecule has 0 fully saturated rings. The highest BCUT2D eigenvalue weighted by molar-refractivity contribution is 7.89. The molecule has 1 atom stereocenters. The van der Waals surface area contributed by atoms with E-state index in [1.165, 1.54) is 6.07 Å². The first kappa shape index (κ1) is 22.6. The number of hydrogen-bond donors (Lipinski definition) is 2. The minimum absolute atomic E-state index is 0.0397. The second kappa shape index (κ2) is 9.52. The van der Waals surface area contributed by atoms with Crippen molar-refractivity contribution in [2.24, 2.45) is 0 Å². The number of carbonyl (C=O) groups is 1. The van der Waals surface area contributed by atoms with Gasteiger partial charge in [-0.2, -0.15) is 4.72 Å². The van der Waals surface area contributed by atoms with E-state index in [2.05, 4.69) is 15.0 Å². The standard InChI is InChI=1S/C26H25N3O3S/c1-18-14-19(2)16-22(15-18)28-26(30)23(17-20-8-4-3-5-9-20)29-33(31,32)24-12-6-10-21-11-7-13-27-25(21)24/h3-16,23,29H,17H2,1-2H3,(H,28,30)/t23-/m1/s1. The van der Waals surface area contributed by atoms with E-state index >= 15 is 0 Å². The Balaban J connectivity index is 1.67. The number of nitrogens with zero attached hydrogens (tertiary/aromatic N) is 1. The van der Waals surface area contributed by atoms with Crippen molar-refractivity contribution in [3.8, 4) is 0 Å². The molecule has 2 N–H and O–H groups in total. The summed E-state index contributed by atoms with van der Waals surface area (Å²) in [4.78, 5) is 17.5. The molecule has 0 aliphatic rings. The van der Waals surface area contributed by atoms with E-state index in [-0.39, 0.29) is 11.3 Å². The number of anilines is 1. The maximum absolute atomic E-state index is 13.4. The van der Waals surface area contributed by atoms with Crippen LogP contribution in [0.1, 0.15) is 16.7 Å². The van der Waals surface area contributed by atoms with Crippen LogP contribution in [0.3, 0.4) is 0 Å². The molecule has 0 saturated carbocycles. The zero-order valence-corrected chi connectivity index (χ0v) is 19.3. The van der Waals surface area contributed by atoms with Gasteiger partial charge in [0, 0.05) is 17.3 Å². The van der Waals surface area contributed by atoms with Gasteiger partial charge in [0.15, 0.2) is 0 Å². The first-order chi connectivity index (χ1) is 15.8. The van der Waals surface area contributed by atoms with Crippen LogP contribution >= 0.6 is 0 Å². The van der Waals surface area contributed by atoms with Crippen molar-refractivity contribution in [1.29, 1.82) is 0 Å². The number of amides is 1. The van der Waals surface area contributed by atoms with Crippen LogP contribution in [-0.4, -0.2) is 25.4 Å². The van der Waals surface area contributed by atoms with Gasteiger partial charge in [0.2, 0.25) is 15.9 Å². The molecule has 1 aromatic heterocycles. The molecule has 0 radical (unpaired) electrons. The highest BCUT2D eigenvalue weighted by Crippen LogP contribution is 2.22. The number of sulfonamides is 1. The lowest BCUT2D eigenvalue weighted by molar-refractivity contribution is -0.117. The normalized spacial score (nSPS) is 12.4. The number of aromatic nitrogens is 1. The summed E-state index contributed by atoms with van der Waals surface area (Å²) in [5, 5.41) is 3.58. The number of fused-ring (bicyclic) bond motifs is 1. The summed E-state index contributed by atoms with van der Waals surface area (Å²) in [6.07, 6.45) is 1.75. The van der Waals surface area contributed by atoms with E-state index in [4.69, 9.17) is 0 Å². The van der Waals surface area contributed by atoms with Gasteiger partial charge >= 0.3 is 0 Å². The van der Waals surface area contributed by atoms with Crippen LogP contribution in [0, 0.1) is 13.8 Å². The smallest absolute Gasteiger partial charge is 0.243 e. The van der Waals surface area contributed by atoms with E-state index in [9.17, 15) is 13.2 Å². The Kier molecular flexibility index (Phi) is 6.53. The monoisotopic (exact) mass is 459 g/mol. The van der Waals surface area contributed by atoms with Gasteiger partial charge in [0.25, 0.3) is 0 Å². The molecular formula is C26H25N3O3S. The molecule has 168 valence electrons. The number of carbonyl (C=O) groups excluding carboxylic acids is 1. The van der Waals surface area contributed by atoms with Crippen LogP contribution in [0.5, 0.6) is 0 Å². The average molecular weight is 460 g/mol. The Morgan fingerprint density at radius 3 is 2.33 bits per heavy atom. The van der Waals surface area contributed by atoms with E-state index in [0.29, 0.717) is 16.6 Å². The molecule has 4 rings (SSSR count). The second-order valence-electron chi connectivity index (χ2n) is 8.06. The quantitative estimate of drug-likeness (QED) is 0.429. The molecule has 0 spiro atoms. The molecule has 4 aromatic rings. The zero-order chi connectivity index (χ0) is 23.4. The van der Waals surface area contributed by atoms with Crippen LogP contribution in [0.2, 0.25) is 0 Å². The first-order valence-electron chi connectivity index (χ1n) is 10.6. The minimum atomic E-state index is -4.03. The molecule has 0 saturated heterocycles. The molecule has 0 aliphatic heterocycles. The molecule has 6 nitrogen and oxygen atoms in total. The van der Waals surface area contributed by atoms with E-state index < -0.39 is 22.0 Å². The topological polar surface area (TPSA) is 88.2 Å². The molecule has 0 unspecified atom stereocenters. The van der Waals surface area contributed by atoms with Gasteiger partial charge < -0.3 is 5.32 Å². The summed E-state index contributed by atoms with van der Waals surface area (Å²) >= 11 is 0. The Labute approximate surface area is 193 Å². The van der Waals surface area contributed by atoms with Crippen molar-refractivity contribution < 1.29 is 13.2 Å². The lowest BCUT2D eigenvalue weighted by Gasteiger charge is -2.19. The largest absolute Gasteiger partial charge is 0.325 e. The highest BCUT2D eigenvalue weighted by atomic mass is 32.2. The van der Waals surface area contributed by atoms with Gasteiger partial charge in [-0.15, -0.1) is 0 Å². The maximum Gasteiger partial charge on any atom is 0.243 e. The Morgan fingerprint density at radius 1 is 0.909 bits per heavy atom. The number of para-hydroxylation sites is 1. The van der Waals surface area contributed by atoms with Crippen LogP contribution < -0.4 is 10.0 Å². The van der Waals surface area contributed by atoms with Crippen molar-refractivity contribution in [1.82, 2.24) is 9.71 Å². The van der Waals surface area contributed by atoms with Crippen molar-refractivity contribution >= 4 is 32.5 Å². The number of pyridine rings is 1. The van der Waals surface area contributed by atoms with E-state index in [1.54, 1.807) is 30.5 Å². The number of aryl methyl sites for hydroxylation is 2. The highest BCUT2D eigenvalue weighted by Gasteiger charge is 2.28. The lowest BCUT2D eigenvalue weighted by Crippen LogP contribution is -2.45. The van der Waals surface area contributed by atoms with Crippen molar-refractivity contribution in [3.05, 3.63) is 102 Å². The van der Waals surface area contributed by atoms with Gasteiger partial charge in [-0.05, 0) is 61.2 Å². The number of rotatable bonds is 7. The maximum atomic E-state index is 13.4. The molecule has 1 heterocycles. The molecule has 0 aliphatic carbocycles. The van der Waals surface area contributed by atoms with Crippen molar-refractivity contribution in [2.75, 3.05) is 5.32 Å². The molecule has 1 amide bonds. The van der Waals surface area contributed by atoms with Crippen LogP contribution in [0.15, 0.2) is 90.0 Å². The lowest BCUT2D eigenvalue weighted by atomic mass is 10.1. The Morgan fingerprint density at radius 2 is 1.61 bits per heavy atom. The van der Waals surface area contributed by atoms with Crippen molar-refractivity contribution in [2.45, 2.75) is 31.2 Å². The molecular weight excluding hydrogens is 434 g/mol. The summed E-state index contributed by atoms with van der Waals surface area (Å²) < 4.78 is 29.4. The average Bonchev–Trinajstić information content (AvgIpc) is 2.78. The van der Waals surface area contributed by atoms with Crippen LogP contribution in [0.4, 0.5) is 5.69 Å². The summed E-state index contributed by atoms with van der Waals surface area (Å²) in [6, 6.07) is 22.5. The first-order valence-corrected chi connectivity index (χ1v) is 12.1. The predicted octanol–water partition coefficient (Wildman–Crippen LogP) is 4.38. The number of benzene rings is 3. The Bertz CT molecular complexity index is 1380. The van der Waals surface area contributed by atoms with Crippen molar-refractivity contribution in [3.63, 3.8) is 0 Å². The summed E-state index contributed by atoms with van der Waals surface area (Å²) in [5.41, 5.74) is 3.85. The Hall–Kier alpha value is -3.55. The van der Waals surface area contributed by atoms with Gasteiger partial charge in [-0.3, -0.25) is 9.78 Å². The number of nitrogens with one attached hydrogen (secondary N) is 2.